The molecule has 112 valence electrons. The normalized spacial score (nSPS) is 20.0. The Balaban J connectivity index is 2.35. The predicted octanol–water partition coefficient (Wildman–Crippen LogP) is 2.36. The first-order chi connectivity index (χ1) is 9.15. The Kier molecular flexibility index (Phi) is 3.77. The highest BCUT2D eigenvalue weighted by Crippen LogP contribution is 2.33. The highest BCUT2D eigenvalue weighted by Gasteiger charge is 2.34. The number of sulfonamides is 1. The second-order valence-corrected chi connectivity index (χ2v) is 7.75. The number of hydrogen-bond acceptors (Lipinski definition) is 3. The lowest BCUT2D eigenvalue weighted by molar-refractivity contribution is 0.195. The lowest BCUT2D eigenvalue weighted by atomic mass is 9.83. The van der Waals surface area contributed by atoms with Crippen LogP contribution in [0.15, 0.2) is 17.0 Å². The fourth-order valence-corrected chi connectivity index (χ4v) is 3.74. The number of hydrogen-bond donors (Lipinski definition) is 1. The molecular formula is C13H18F2N2O2S. The average molecular weight is 304 g/mol. The second-order valence-electron chi connectivity index (χ2n) is 5.84. The molecule has 1 heterocycles. The maximum Gasteiger partial charge on any atom is 0.246 e. The third-order valence-electron chi connectivity index (χ3n) is 3.78. The standard InChI is InChI=1S/C13H18F2N2O2S/c1-13(2)5-7-17(8-6-13)20(18,19)10-4-3-9(14)12(16)11(10)15/h3-4H,5-8,16H2,1-2H3. The third kappa shape index (κ3) is 2.64. The number of halogens is 2. The van der Waals surface area contributed by atoms with Crippen molar-refractivity contribution in [2.75, 3.05) is 18.8 Å². The first kappa shape index (κ1) is 15.2. The third-order valence-corrected chi connectivity index (χ3v) is 5.70. The zero-order chi connectivity index (χ0) is 15.1. The molecule has 4 nitrogen and oxygen atoms in total. The van der Waals surface area contributed by atoms with Gasteiger partial charge in [0.25, 0.3) is 0 Å². The summed E-state index contributed by atoms with van der Waals surface area (Å²) in [5.41, 5.74) is 4.53. The molecule has 0 amide bonds. The van der Waals surface area contributed by atoms with E-state index in [4.69, 9.17) is 5.73 Å². The van der Waals surface area contributed by atoms with Crippen LogP contribution in [-0.2, 0) is 10.0 Å². The SMILES string of the molecule is CC1(C)CCN(S(=O)(=O)c2ccc(F)c(N)c2F)CC1. The topological polar surface area (TPSA) is 63.4 Å². The summed E-state index contributed by atoms with van der Waals surface area (Å²) >= 11 is 0. The van der Waals surface area contributed by atoms with Crippen LogP contribution in [0.1, 0.15) is 26.7 Å². The smallest absolute Gasteiger partial charge is 0.246 e. The van der Waals surface area contributed by atoms with Gasteiger partial charge in [0.05, 0.1) is 0 Å². The van der Waals surface area contributed by atoms with Gasteiger partial charge in [0.15, 0.2) is 5.82 Å². The van der Waals surface area contributed by atoms with E-state index in [1.54, 1.807) is 0 Å². The Labute approximate surface area is 117 Å². The minimum atomic E-state index is -3.97. The van der Waals surface area contributed by atoms with Crippen LogP contribution in [-0.4, -0.2) is 25.8 Å². The van der Waals surface area contributed by atoms with Gasteiger partial charge < -0.3 is 5.73 Å². The van der Waals surface area contributed by atoms with Gasteiger partial charge in [-0.15, -0.1) is 0 Å². The minimum absolute atomic E-state index is 0.0758. The van der Waals surface area contributed by atoms with Crippen molar-refractivity contribution in [3.63, 3.8) is 0 Å². The summed E-state index contributed by atoms with van der Waals surface area (Å²) in [6.45, 7) is 4.78. The van der Waals surface area contributed by atoms with E-state index in [1.165, 1.54) is 4.31 Å². The van der Waals surface area contributed by atoms with Crippen LogP contribution in [0.2, 0.25) is 0 Å². The van der Waals surface area contributed by atoms with Gasteiger partial charge in [-0.05, 0) is 30.4 Å². The zero-order valence-electron chi connectivity index (χ0n) is 11.5. The van der Waals surface area contributed by atoms with Crippen LogP contribution in [0.25, 0.3) is 0 Å². The Hall–Kier alpha value is -1.21. The molecule has 1 aliphatic heterocycles. The van der Waals surface area contributed by atoms with Gasteiger partial charge in [-0.25, -0.2) is 17.2 Å². The molecule has 7 heteroatoms. The monoisotopic (exact) mass is 304 g/mol. The van der Waals surface area contributed by atoms with Crippen molar-refractivity contribution in [3.05, 3.63) is 23.8 Å². The molecule has 2 N–H and O–H groups in total. The van der Waals surface area contributed by atoms with Crippen LogP contribution in [0.4, 0.5) is 14.5 Å². The lowest BCUT2D eigenvalue weighted by Crippen LogP contribution is -2.41. The molecule has 1 saturated heterocycles. The fourth-order valence-electron chi connectivity index (χ4n) is 2.22. The molecule has 0 atom stereocenters. The van der Waals surface area contributed by atoms with Crippen molar-refractivity contribution in [2.45, 2.75) is 31.6 Å². The fraction of sp³-hybridized carbons (Fsp3) is 0.538. The number of piperidine rings is 1. The molecule has 20 heavy (non-hydrogen) atoms. The van der Waals surface area contributed by atoms with Gasteiger partial charge in [-0.2, -0.15) is 4.31 Å². The van der Waals surface area contributed by atoms with Gasteiger partial charge in [0, 0.05) is 13.1 Å². The van der Waals surface area contributed by atoms with Crippen LogP contribution < -0.4 is 5.73 Å². The molecule has 0 saturated carbocycles. The van der Waals surface area contributed by atoms with Crippen LogP contribution in [0.3, 0.4) is 0 Å². The van der Waals surface area contributed by atoms with Crippen molar-refractivity contribution in [3.8, 4) is 0 Å². The van der Waals surface area contributed by atoms with E-state index < -0.39 is 32.2 Å². The van der Waals surface area contributed by atoms with Crippen LogP contribution in [0.5, 0.6) is 0 Å². The summed E-state index contributed by atoms with van der Waals surface area (Å²) < 4.78 is 53.0. The minimum Gasteiger partial charge on any atom is -0.394 e. The Morgan fingerprint density at radius 1 is 1.20 bits per heavy atom. The van der Waals surface area contributed by atoms with Gasteiger partial charge in [-0.3, -0.25) is 0 Å². The first-order valence-electron chi connectivity index (χ1n) is 6.39. The molecule has 1 aromatic rings. The Bertz CT molecular complexity index is 620. The molecule has 0 aromatic heterocycles. The predicted molar refractivity (Wildman–Crippen MR) is 72.5 cm³/mol. The van der Waals surface area contributed by atoms with Crippen LogP contribution in [0, 0.1) is 17.0 Å². The molecule has 0 spiro atoms. The van der Waals surface area contributed by atoms with Crippen molar-refractivity contribution in [1.82, 2.24) is 4.31 Å². The largest absolute Gasteiger partial charge is 0.394 e. The summed E-state index contributed by atoms with van der Waals surface area (Å²) in [5, 5.41) is 0. The van der Waals surface area contributed by atoms with E-state index in [-0.39, 0.29) is 5.41 Å². The summed E-state index contributed by atoms with van der Waals surface area (Å²) in [4.78, 5) is -0.559. The number of nitrogens with two attached hydrogens (primary N) is 1. The van der Waals surface area contributed by atoms with Crippen LogP contribution >= 0.6 is 0 Å². The molecule has 1 fully saturated rings. The number of benzene rings is 1. The van der Waals surface area contributed by atoms with Crippen molar-refractivity contribution in [2.24, 2.45) is 5.41 Å². The van der Waals surface area contributed by atoms with E-state index in [0.717, 1.165) is 12.1 Å². The van der Waals surface area contributed by atoms with Gasteiger partial charge in [0.1, 0.15) is 16.4 Å². The zero-order valence-corrected chi connectivity index (χ0v) is 12.3. The summed E-state index contributed by atoms with van der Waals surface area (Å²) in [6, 6.07) is 1.80. The Morgan fingerprint density at radius 2 is 1.75 bits per heavy atom. The highest BCUT2D eigenvalue weighted by molar-refractivity contribution is 7.89. The summed E-state index contributed by atoms with van der Waals surface area (Å²) in [7, 11) is -3.97. The lowest BCUT2D eigenvalue weighted by Gasteiger charge is -2.36. The van der Waals surface area contributed by atoms with E-state index in [9.17, 15) is 17.2 Å². The summed E-state index contributed by atoms with van der Waals surface area (Å²) in [6.07, 6.45) is 1.40. The van der Waals surface area contributed by atoms with Crippen molar-refractivity contribution in [1.29, 1.82) is 0 Å². The molecule has 1 aliphatic rings. The molecule has 0 unspecified atom stereocenters. The Morgan fingerprint density at radius 3 is 2.30 bits per heavy atom. The second kappa shape index (κ2) is 4.96. The van der Waals surface area contributed by atoms with Crippen molar-refractivity contribution >= 4 is 15.7 Å². The van der Waals surface area contributed by atoms with Gasteiger partial charge in [-0.1, -0.05) is 13.8 Å². The van der Waals surface area contributed by atoms with E-state index in [0.29, 0.717) is 25.9 Å². The maximum atomic E-state index is 13.9. The number of nitrogens with zero attached hydrogens (tertiary/aromatic N) is 1. The number of rotatable bonds is 2. The van der Waals surface area contributed by atoms with E-state index in [1.807, 2.05) is 0 Å². The summed E-state index contributed by atoms with van der Waals surface area (Å²) in [5.74, 6) is -2.17. The average Bonchev–Trinajstić information content (AvgIpc) is 2.35. The molecular weight excluding hydrogens is 286 g/mol. The van der Waals surface area contributed by atoms with E-state index >= 15 is 0 Å². The quantitative estimate of drug-likeness (QED) is 0.853. The molecule has 0 bridgehead atoms. The molecule has 0 radical (unpaired) electrons. The number of anilines is 1. The van der Waals surface area contributed by atoms with Gasteiger partial charge >= 0.3 is 0 Å². The first-order valence-corrected chi connectivity index (χ1v) is 7.83. The van der Waals surface area contributed by atoms with E-state index in [2.05, 4.69) is 13.8 Å². The highest BCUT2D eigenvalue weighted by atomic mass is 32.2. The maximum absolute atomic E-state index is 13.9. The number of nitrogen functional groups attached to an aromatic ring is 1. The van der Waals surface area contributed by atoms with Crippen molar-refractivity contribution < 1.29 is 17.2 Å². The molecule has 0 aliphatic carbocycles. The molecule has 2 rings (SSSR count). The molecule has 1 aromatic carbocycles. The van der Waals surface area contributed by atoms with Gasteiger partial charge in [0.2, 0.25) is 10.0 Å².